The minimum atomic E-state index is -5.02. The maximum atomic E-state index is 14.1. The molecule has 154 valence electrons. The highest BCUT2D eigenvalue weighted by atomic mass is 79.9. The number of alkyl halides is 3. The lowest BCUT2D eigenvalue weighted by atomic mass is 9.64. The van der Waals surface area contributed by atoms with Gasteiger partial charge in [0.2, 0.25) is 0 Å². The van der Waals surface area contributed by atoms with Crippen molar-refractivity contribution in [1.82, 2.24) is 5.01 Å². The monoisotopic (exact) mass is 460 g/mol. The van der Waals surface area contributed by atoms with E-state index in [9.17, 15) is 23.1 Å². The molecule has 2 aliphatic rings. The summed E-state index contributed by atoms with van der Waals surface area (Å²) in [5.74, 6) is -2.20. The van der Waals surface area contributed by atoms with Gasteiger partial charge in [-0.25, -0.2) is 0 Å². The van der Waals surface area contributed by atoms with Gasteiger partial charge in [-0.05, 0) is 48.8 Å². The molecule has 0 radical (unpaired) electrons. The molecule has 1 N–H and O–H groups in total. The Morgan fingerprint density at radius 3 is 2.64 bits per heavy atom. The van der Waals surface area contributed by atoms with Gasteiger partial charge in [0.05, 0.1) is 5.92 Å². The van der Waals surface area contributed by atoms with Gasteiger partial charge >= 0.3 is 6.18 Å². The number of carbonyl (C=O) groups excluding carboxylic acids is 1. The molecule has 1 aliphatic carbocycles. The number of hydrogen-bond acceptors (Lipinski definition) is 3. The Balaban J connectivity index is 2.01. The Bertz CT molecular complexity index is 809. The van der Waals surface area contributed by atoms with Gasteiger partial charge in [-0.1, -0.05) is 49.2 Å². The predicted molar refractivity (Wildman–Crippen MR) is 104 cm³/mol. The van der Waals surface area contributed by atoms with E-state index in [0.29, 0.717) is 17.3 Å². The fourth-order valence-corrected chi connectivity index (χ4v) is 4.56. The van der Waals surface area contributed by atoms with E-state index in [1.807, 2.05) is 20.8 Å². The molecule has 0 unspecified atom stereocenters. The average molecular weight is 461 g/mol. The first-order chi connectivity index (χ1) is 12.9. The summed E-state index contributed by atoms with van der Waals surface area (Å²) in [6.45, 7) is 6.08. The molecule has 0 saturated heterocycles. The summed E-state index contributed by atoms with van der Waals surface area (Å²) in [4.78, 5) is 12.9. The molecular formula is C20H24BrF3N2O2. The number of hydrazone groups is 1. The van der Waals surface area contributed by atoms with Crippen LogP contribution in [0.1, 0.15) is 56.8 Å². The van der Waals surface area contributed by atoms with Crippen LogP contribution in [0.15, 0.2) is 33.8 Å². The standard InChI is InChI=1S/C20H24BrF3N2O2/c1-4-18(2,3)13-8-9-16-15(11-13)19(28,20(22,23)24)26(25-16)17(27)12-6-5-7-14(21)10-12/h5-7,10,13,15,28H,4,8-9,11H2,1-3H3/t13-,15+,19-/m1/s1. The number of amides is 1. The zero-order valence-corrected chi connectivity index (χ0v) is 17.6. The zero-order valence-electron chi connectivity index (χ0n) is 16.1. The average Bonchev–Trinajstić information content (AvgIpc) is 2.94. The van der Waals surface area contributed by atoms with E-state index >= 15 is 0 Å². The van der Waals surface area contributed by atoms with E-state index < -0.39 is 23.7 Å². The van der Waals surface area contributed by atoms with Gasteiger partial charge in [-0.3, -0.25) is 4.79 Å². The molecule has 0 aromatic heterocycles. The summed E-state index contributed by atoms with van der Waals surface area (Å²) in [5, 5.41) is 15.1. The first-order valence-corrected chi connectivity index (χ1v) is 10.2. The number of fused-ring (bicyclic) bond motifs is 1. The third-order valence-corrected chi connectivity index (χ3v) is 6.90. The maximum Gasteiger partial charge on any atom is 0.439 e. The molecule has 1 saturated carbocycles. The van der Waals surface area contributed by atoms with Crippen molar-refractivity contribution in [2.75, 3.05) is 0 Å². The van der Waals surface area contributed by atoms with E-state index in [2.05, 4.69) is 21.0 Å². The van der Waals surface area contributed by atoms with Crippen molar-refractivity contribution in [3.8, 4) is 0 Å². The van der Waals surface area contributed by atoms with Crippen LogP contribution < -0.4 is 0 Å². The van der Waals surface area contributed by atoms with Crippen LogP contribution in [0.25, 0.3) is 0 Å². The predicted octanol–water partition coefficient (Wildman–Crippen LogP) is 5.36. The molecule has 1 aliphatic heterocycles. The van der Waals surface area contributed by atoms with Crippen molar-refractivity contribution >= 4 is 27.5 Å². The molecule has 0 spiro atoms. The summed E-state index contributed by atoms with van der Waals surface area (Å²) in [6.07, 6.45) is -3.01. The highest BCUT2D eigenvalue weighted by Crippen LogP contribution is 2.52. The molecule has 4 nitrogen and oxygen atoms in total. The fourth-order valence-electron chi connectivity index (χ4n) is 4.16. The first kappa shape index (κ1) is 21.3. The Morgan fingerprint density at radius 2 is 2.07 bits per heavy atom. The quantitative estimate of drug-likeness (QED) is 0.659. The van der Waals surface area contributed by atoms with Crippen LogP contribution in [0.5, 0.6) is 0 Å². The van der Waals surface area contributed by atoms with E-state index in [0.717, 1.165) is 6.42 Å². The second-order valence-electron chi connectivity index (χ2n) is 8.31. The van der Waals surface area contributed by atoms with E-state index in [1.165, 1.54) is 12.1 Å². The lowest BCUT2D eigenvalue weighted by Crippen LogP contribution is -2.62. The lowest BCUT2D eigenvalue weighted by molar-refractivity contribution is -0.314. The Hall–Kier alpha value is -1.41. The molecule has 8 heteroatoms. The third kappa shape index (κ3) is 3.38. The summed E-state index contributed by atoms with van der Waals surface area (Å²) in [7, 11) is 0. The highest BCUT2D eigenvalue weighted by molar-refractivity contribution is 9.10. The molecule has 1 aromatic rings. The zero-order chi connectivity index (χ0) is 20.9. The molecule has 1 fully saturated rings. The van der Waals surface area contributed by atoms with Crippen LogP contribution in [0, 0.1) is 17.3 Å². The van der Waals surface area contributed by atoms with Crippen LogP contribution in [-0.4, -0.2) is 33.6 Å². The molecule has 1 heterocycles. The van der Waals surface area contributed by atoms with Crippen molar-refractivity contribution in [2.45, 2.75) is 58.4 Å². The molecule has 3 rings (SSSR count). The van der Waals surface area contributed by atoms with E-state index in [1.54, 1.807) is 12.1 Å². The number of rotatable bonds is 3. The first-order valence-electron chi connectivity index (χ1n) is 9.38. The van der Waals surface area contributed by atoms with Crippen LogP contribution in [0.4, 0.5) is 13.2 Å². The van der Waals surface area contributed by atoms with Crippen molar-refractivity contribution in [3.63, 3.8) is 0 Å². The van der Waals surface area contributed by atoms with Gasteiger partial charge in [0.25, 0.3) is 11.6 Å². The van der Waals surface area contributed by atoms with Crippen LogP contribution >= 0.6 is 15.9 Å². The molecule has 28 heavy (non-hydrogen) atoms. The van der Waals surface area contributed by atoms with Crippen LogP contribution in [0.3, 0.4) is 0 Å². The molecule has 1 amide bonds. The summed E-state index contributed by atoms with van der Waals surface area (Å²) in [5.41, 5.74) is -3.19. The third-order valence-electron chi connectivity index (χ3n) is 6.41. The Morgan fingerprint density at radius 1 is 1.39 bits per heavy atom. The number of nitrogens with zero attached hydrogens (tertiary/aromatic N) is 2. The largest absolute Gasteiger partial charge is 0.439 e. The summed E-state index contributed by atoms with van der Waals surface area (Å²) in [6, 6.07) is 6.05. The van der Waals surface area contributed by atoms with Gasteiger partial charge < -0.3 is 5.11 Å². The highest BCUT2D eigenvalue weighted by Gasteiger charge is 2.69. The van der Waals surface area contributed by atoms with Gasteiger partial charge in [-0.2, -0.15) is 23.3 Å². The van der Waals surface area contributed by atoms with E-state index in [4.69, 9.17) is 0 Å². The lowest BCUT2D eigenvalue weighted by Gasteiger charge is -2.43. The van der Waals surface area contributed by atoms with E-state index in [-0.39, 0.29) is 34.0 Å². The van der Waals surface area contributed by atoms with Crippen molar-refractivity contribution in [1.29, 1.82) is 0 Å². The second-order valence-corrected chi connectivity index (χ2v) is 9.22. The normalized spacial score (nSPS) is 28.1. The molecule has 1 aromatic carbocycles. The van der Waals surface area contributed by atoms with Crippen LogP contribution in [-0.2, 0) is 0 Å². The topological polar surface area (TPSA) is 52.9 Å². The minimum Gasteiger partial charge on any atom is -0.362 e. The number of hydrogen-bond donors (Lipinski definition) is 1. The van der Waals surface area contributed by atoms with Crippen LogP contribution in [0.2, 0.25) is 0 Å². The Kier molecular flexibility index (Phi) is 5.42. The van der Waals surface area contributed by atoms with Gasteiger partial charge in [0.1, 0.15) is 0 Å². The smallest absolute Gasteiger partial charge is 0.362 e. The SMILES string of the molecule is CCC(C)(C)[C@@H]1CCC2=NN(C(=O)c3cccc(Br)c3)[C@](O)(C(F)(F)F)[C@H]2C1. The van der Waals surface area contributed by atoms with Gasteiger partial charge in [0, 0.05) is 15.7 Å². The maximum absolute atomic E-state index is 14.1. The molecule has 3 atom stereocenters. The fraction of sp³-hybridized carbons (Fsp3) is 0.600. The molecule has 0 bridgehead atoms. The summed E-state index contributed by atoms with van der Waals surface area (Å²) >= 11 is 3.21. The molecular weight excluding hydrogens is 437 g/mol. The van der Waals surface area contributed by atoms with Crippen molar-refractivity contribution < 1.29 is 23.1 Å². The summed E-state index contributed by atoms with van der Waals surface area (Å²) < 4.78 is 42.9. The van der Waals surface area contributed by atoms with Gasteiger partial charge in [0.15, 0.2) is 0 Å². The number of halogens is 4. The minimum absolute atomic E-state index is 0.0104. The number of benzene rings is 1. The Labute approximate surface area is 170 Å². The van der Waals surface area contributed by atoms with Gasteiger partial charge in [-0.15, -0.1) is 0 Å². The van der Waals surface area contributed by atoms with Crippen molar-refractivity contribution in [3.05, 3.63) is 34.3 Å². The number of carbonyl (C=O) groups is 1. The number of aliphatic hydroxyl groups is 1. The second kappa shape index (κ2) is 7.13. The van der Waals surface area contributed by atoms with Crippen molar-refractivity contribution in [2.24, 2.45) is 22.4 Å².